The molecule has 2 N–H and O–H groups in total. The van der Waals surface area contributed by atoms with Gasteiger partial charge in [0.15, 0.2) is 10.7 Å². The molecule has 0 amide bonds. The smallest absolute Gasteiger partial charge is 0.330 e. The van der Waals surface area contributed by atoms with Crippen LogP contribution in [0.3, 0.4) is 0 Å². The molecule has 1 aromatic carbocycles. The Kier molecular flexibility index (Phi) is 4.14. The van der Waals surface area contributed by atoms with Gasteiger partial charge in [0.25, 0.3) is 0 Å². The van der Waals surface area contributed by atoms with Gasteiger partial charge in [-0.25, -0.2) is 18.4 Å². The minimum absolute atomic E-state index is 0.216. The number of aromatic nitrogens is 4. The first-order chi connectivity index (χ1) is 12.2. The molecule has 1 atom stereocenters. The first-order valence-corrected chi connectivity index (χ1v) is 8.70. The molecule has 0 saturated carbocycles. The van der Waals surface area contributed by atoms with E-state index in [4.69, 9.17) is 14.9 Å². The molecule has 0 bridgehead atoms. The number of thioether (sulfide) groups is 1. The lowest BCUT2D eigenvalue weighted by Gasteiger charge is -2.13. The van der Waals surface area contributed by atoms with Gasteiger partial charge < -0.3 is 5.73 Å². The molecule has 0 aliphatic heterocycles. The van der Waals surface area contributed by atoms with Crippen molar-refractivity contribution in [3.05, 3.63) is 45.7 Å². The summed E-state index contributed by atoms with van der Waals surface area (Å²) in [5.74, 6) is -0.150. The van der Waals surface area contributed by atoms with Gasteiger partial charge in [0.2, 0.25) is 5.82 Å². The summed E-state index contributed by atoms with van der Waals surface area (Å²) >= 11 is 1.35. The Balaban J connectivity index is 1.80. The molecular formula is C15H14FN5O3S. The number of benzene rings is 1. The maximum Gasteiger partial charge on any atom is 0.442 e. The van der Waals surface area contributed by atoms with E-state index in [2.05, 4.69) is 15.5 Å². The van der Waals surface area contributed by atoms with Crippen molar-refractivity contribution < 1.29 is 13.5 Å². The number of hydrogen-bond donors (Lipinski definition) is 1. The van der Waals surface area contributed by atoms with Crippen molar-refractivity contribution >= 4 is 11.8 Å². The van der Waals surface area contributed by atoms with Crippen molar-refractivity contribution in [3.63, 3.8) is 0 Å². The second-order valence-corrected chi connectivity index (χ2v) is 6.68. The minimum atomic E-state index is -0.630. The van der Waals surface area contributed by atoms with Crippen LogP contribution in [0.2, 0.25) is 0 Å². The molecule has 0 radical (unpaired) electrons. The number of rotatable bonds is 5. The van der Waals surface area contributed by atoms with Gasteiger partial charge in [0, 0.05) is 12.3 Å². The van der Waals surface area contributed by atoms with Crippen LogP contribution in [0.5, 0.6) is 0 Å². The molecule has 130 valence electrons. The fourth-order valence-electron chi connectivity index (χ4n) is 3.08. The quantitative estimate of drug-likeness (QED) is 0.680. The first-order valence-electron chi connectivity index (χ1n) is 7.71. The van der Waals surface area contributed by atoms with Crippen molar-refractivity contribution in [1.82, 2.24) is 20.0 Å². The third-order valence-corrected chi connectivity index (χ3v) is 5.11. The van der Waals surface area contributed by atoms with E-state index >= 15 is 0 Å². The van der Waals surface area contributed by atoms with E-state index in [0.29, 0.717) is 29.4 Å². The molecular weight excluding hydrogens is 349 g/mol. The predicted octanol–water partition coefficient (Wildman–Crippen LogP) is 1.61. The van der Waals surface area contributed by atoms with Crippen molar-refractivity contribution in [3.8, 4) is 11.5 Å². The lowest BCUT2D eigenvalue weighted by atomic mass is 10.1. The molecule has 0 unspecified atom stereocenters. The first kappa shape index (κ1) is 16.0. The van der Waals surface area contributed by atoms with Crippen molar-refractivity contribution in [2.75, 3.05) is 12.3 Å². The van der Waals surface area contributed by atoms with Gasteiger partial charge in [-0.1, -0.05) is 23.0 Å². The van der Waals surface area contributed by atoms with Gasteiger partial charge in [-0.05, 0) is 46.4 Å². The normalized spacial score (nSPS) is 16.3. The summed E-state index contributed by atoms with van der Waals surface area (Å²) in [6.45, 7) is 0.456. The number of nitrogens with zero attached hydrogens (tertiary/aromatic N) is 4. The SMILES string of the molecule is NCCSc1nonc1-c1noc(=O)n1[C@H]1CCc2ccc(F)cc21. The molecule has 4 rings (SSSR count). The number of aryl methyl sites for hydroxylation is 1. The third kappa shape index (κ3) is 2.76. The monoisotopic (exact) mass is 363 g/mol. The fourth-order valence-corrected chi connectivity index (χ4v) is 3.74. The Morgan fingerprint density at radius 3 is 3.08 bits per heavy atom. The molecule has 8 nitrogen and oxygen atoms in total. The van der Waals surface area contributed by atoms with Crippen LogP contribution in [0.25, 0.3) is 11.5 Å². The molecule has 25 heavy (non-hydrogen) atoms. The highest BCUT2D eigenvalue weighted by Crippen LogP contribution is 2.37. The molecule has 10 heteroatoms. The average Bonchev–Trinajstić information content (AvgIpc) is 3.30. The summed E-state index contributed by atoms with van der Waals surface area (Å²) in [6, 6.07) is 4.23. The number of halogens is 1. The van der Waals surface area contributed by atoms with E-state index in [1.54, 1.807) is 6.07 Å². The lowest BCUT2D eigenvalue weighted by molar-refractivity contribution is 0.299. The van der Waals surface area contributed by atoms with E-state index < -0.39 is 5.76 Å². The number of hydrogen-bond acceptors (Lipinski definition) is 8. The number of fused-ring (bicyclic) bond motifs is 1. The van der Waals surface area contributed by atoms with E-state index in [0.717, 1.165) is 17.5 Å². The largest absolute Gasteiger partial charge is 0.442 e. The van der Waals surface area contributed by atoms with Gasteiger partial charge >= 0.3 is 5.76 Å². The summed E-state index contributed by atoms with van der Waals surface area (Å²) in [6.07, 6.45) is 1.38. The molecule has 2 heterocycles. The Hall–Kier alpha value is -2.46. The van der Waals surface area contributed by atoms with Gasteiger partial charge in [-0.15, -0.1) is 0 Å². The zero-order valence-corrected chi connectivity index (χ0v) is 13.8. The molecule has 2 aromatic heterocycles. The highest BCUT2D eigenvalue weighted by molar-refractivity contribution is 7.99. The van der Waals surface area contributed by atoms with E-state index in [1.807, 2.05) is 0 Å². The fraction of sp³-hybridized carbons (Fsp3) is 0.333. The molecule has 1 aliphatic carbocycles. The Morgan fingerprint density at radius 2 is 2.24 bits per heavy atom. The predicted molar refractivity (Wildman–Crippen MR) is 86.7 cm³/mol. The molecule has 3 aromatic rings. The van der Waals surface area contributed by atoms with Crippen LogP contribution in [0, 0.1) is 5.82 Å². The molecule has 0 saturated heterocycles. The Labute approximate surface area is 145 Å². The number of nitrogens with two attached hydrogens (primary N) is 1. The van der Waals surface area contributed by atoms with Crippen LogP contribution in [-0.4, -0.2) is 32.3 Å². The van der Waals surface area contributed by atoms with Crippen molar-refractivity contribution in [2.45, 2.75) is 23.9 Å². The Bertz CT molecular complexity index is 966. The lowest BCUT2D eigenvalue weighted by Crippen LogP contribution is -2.21. The summed E-state index contributed by atoms with van der Waals surface area (Å²) in [7, 11) is 0. The summed E-state index contributed by atoms with van der Waals surface area (Å²) in [4.78, 5) is 12.3. The standard InChI is InChI=1S/C15H14FN5O3S/c16-9-3-1-8-2-4-11(10(8)7-9)21-13(19-23-15(21)22)12-14(20-24-18-12)25-6-5-17/h1,3,7,11H,2,4-6,17H2/t11-/m0/s1. The van der Waals surface area contributed by atoms with Crippen molar-refractivity contribution in [2.24, 2.45) is 5.73 Å². The maximum atomic E-state index is 13.7. The van der Waals surface area contributed by atoms with Crippen LogP contribution in [-0.2, 0) is 6.42 Å². The zero-order chi connectivity index (χ0) is 17.4. The summed E-state index contributed by atoms with van der Waals surface area (Å²) in [5, 5.41) is 12.0. The minimum Gasteiger partial charge on any atom is -0.330 e. The third-order valence-electron chi connectivity index (χ3n) is 4.13. The highest BCUT2D eigenvalue weighted by Gasteiger charge is 2.31. The van der Waals surface area contributed by atoms with E-state index in [1.165, 1.54) is 28.5 Å². The summed E-state index contributed by atoms with van der Waals surface area (Å²) in [5.41, 5.74) is 7.57. The van der Waals surface area contributed by atoms with Crippen LogP contribution in [0.1, 0.15) is 23.6 Å². The summed E-state index contributed by atoms with van der Waals surface area (Å²) < 4.78 is 24.7. The zero-order valence-electron chi connectivity index (χ0n) is 13.0. The Morgan fingerprint density at radius 1 is 1.36 bits per heavy atom. The second-order valence-electron chi connectivity index (χ2n) is 5.59. The van der Waals surface area contributed by atoms with Crippen LogP contribution in [0.4, 0.5) is 4.39 Å². The molecule has 0 spiro atoms. The topological polar surface area (TPSA) is 113 Å². The van der Waals surface area contributed by atoms with Crippen LogP contribution in [0.15, 0.2) is 37.2 Å². The van der Waals surface area contributed by atoms with E-state index in [9.17, 15) is 9.18 Å². The van der Waals surface area contributed by atoms with Gasteiger partial charge in [-0.3, -0.25) is 4.52 Å². The molecule has 1 aliphatic rings. The molecule has 0 fully saturated rings. The highest BCUT2D eigenvalue weighted by atomic mass is 32.2. The second kappa shape index (κ2) is 6.45. The van der Waals surface area contributed by atoms with Crippen LogP contribution < -0.4 is 11.5 Å². The van der Waals surface area contributed by atoms with Crippen LogP contribution >= 0.6 is 11.8 Å². The van der Waals surface area contributed by atoms with Gasteiger partial charge in [0.05, 0.1) is 6.04 Å². The van der Waals surface area contributed by atoms with E-state index in [-0.39, 0.29) is 17.7 Å². The van der Waals surface area contributed by atoms with Gasteiger partial charge in [-0.2, -0.15) is 0 Å². The van der Waals surface area contributed by atoms with Gasteiger partial charge in [0.1, 0.15) is 5.82 Å². The maximum absolute atomic E-state index is 13.7. The van der Waals surface area contributed by atoms with Crippen molar-refractivity contribution in [1.29, 1.82) is 0 Å². The average molecular weight is 363 g/mol.